The standard InChI is InChI=1S/C30H33FN4O3/c1-6-38-28(37)17-26(22-9-7-18(2)8-10-22)33-27(36)16-15-25-19(3)32-30-29(20(4)34-35(30)21(25)5)23-11-13-24(31)14-12-23/h7-14,26H,6,15-17H2,1-5H3,(H,33,36). The summed E-state index contributed by atoms with van der Waals surface area (Å²) in [6.07, 6.45) is 0.759. The minimum atomic E-state index is -0.475. The molecule has 2 aromatic heterocycles. The molecular weight excluding hydrogens is 483 g/mol. The smallest absolute Gasteiger partial charge is 0.308 e. The van der Waals surface area contributed by atoms with Gasteiger partial charge in [-0.05, 0) is 69.9 Å². The topological polar surface area (TPSA) is 85.6 Å². The molecule has 0 aliphatic carbocycles. The molecule has 8 heteroatoms. The number of hydrogen-bond acceptors (Lipinski definition) is 5. The summed E-state index contributed by atoms with van der Waals surface area (Å²) in [5.41, 5.74) is 7.81. The third-order valence-electron chi connectivity index (χ3n) is 6.73. The predicted molar refractivity (Wildman–Crippen MR) is 144 cm³/mol. The van der Waals surface area contributed by atoms with Gasteiger partial charge in [-0.1, -0.05) is 42.0 Å². The summed E-state index contributed by atoms with van der Waals surface area (Å²) in [6, 6.07) is 13.6. The highest BCUT2D eigenvalue weighted by atomic mass is 19.1. The first kappa shape index (κ1) is 27.0. The number of aryl methyl sites for hydroxylation is 4. The van der Waals surface area contributed by atoms with E-state index in [9.17, 15) is 14.0 Å². The average molecular weight is 517 g/mol. The quantitative estimate of drug-likeness (QED) is 0.297. The molecule has 0 aliphatic heterocycles. The normalized spacial score (nSPS) is 11.9. The molecule has 2 heterocycles. The van der Waals surface area contributed by atoms with Gasteiger partial charge in [-0.3, -0.25) is 9.59 Å². The summed E-state index contributed by atoms with van der Waals surface area (Å²) in [5.74, 6) is -0.816. The van der Waals surface area contributed by atoms with Crippen LogP contribution in [-0.4, -0.2) is 33.1 Å². The Balaban J connectivity index is 1.54. The SMILES string of the molecule is CCOC(=O)CC(NC(=O)CCc1c(C)nc2c(-c3ccc(F)cc3)c(C)nn2c1C)c1ccc(C)cc1. The largest absolute Gasteiger partial charge is 0.466 e. The lowest BCUT2D eigenvalue weighted by atomic mass is 10.0. The lowest BCUT2D eigenvalue weighted by Crippen LogP contribution is -2.31. The zero-order chi connectivity index (χ0) is 27.4. The van der Waals surface area contributed by atoms with E-state index in [1.165, 1.54) is 12.1 Å². The Morgan fingerprint density at radius 3 is 2.34 bits per heavy atom. The molecule has 1 N–H and O–H groups in total. The van der Waals surface area contributed by atoms with Gasteiger partial charge in [-0.15, -0.1) is 0 Å². The first-order valence-corrected chi connectivity index (χ1v) is 12.8. The van der Waals surface area contributed by atoms with Gasteiger partial charge in [0.2, 0.25) is 5.91 Å². The monoisotopic (exact) mass is 516 g/mol. The molecule has 38 heavy (non-hydrogen) atoms. The maximum absolute atomic E-state index is 13.5. The van der Waals surface area contributed by atoms with Crippen molar-refractivity contribution in [3.63, 3.8) is 0 Å². The highest BCUT2D eigenvalue weighted by Gasteiger charge is 2.21. The number of ether oxygens (including phenoxy) is 1. The highest BCUT2D eigenvalue weighted by molar-refractivity contribution is 5.81. The van der Waals surface area contributed by atoms with Crippen molar-refractivity contribution in [2.75, 3.05) is 6.61 Å². The molecular formula is C30H33FN4O3. The van der Waals surface area contributed by atoms with Gasteiger partial charge < -0.3 is 10.1 Å². The second kappa shape index (κ2) is 11.5. The number of halogens is 1. The van der Waals surface area contributed by atoms with E-state index >= 15 is 0 Å². The molecule has 0 saturated heterocycles. The molecule has 0 radical (unpaired) electrons. The van der Waals surface area contributed by atoms with E-state index < -0.39 is 6.04 Å². The summed E-state index contributed by atoms with van der Waals surface area (Å²) in [7, 11) is 0. The molecule has 1 amide bonds. The van der Waals surface area contributed by atoms with Crippen LogP contribution in [0.5, 0.6) is 0 Å². The molecule has 198 valence electrons. The van der Waals surface area contributed by atoms with Crippen LogP contribution in [0.2, 0.25) is 0 Å². The van der Waals surface area contributed by atoms with Crippen molar-refractivity contribution in [1.29, 1.82) is 0 Å². The zero-order valence-electron chi connectivity index (χ0n) is 22.5. The summed E-state index contributed by atoms with van der Waals surface area (Å²) in [5, 5.41) is 7.71. The number of nitrogens with zero attached hydrogens (tertiary/aromatic N) is 3. The Morgan fingerprint density at radius 1 is 1.00 bits per heavy atom. The van der Waals surface area contributed by atoms with Gasteiger partial charge in [0.15, 0.2) is 5.65 Å². The molecule has 0 fully saturated rings. The van der Waals surface area contributed by atoms with Crippen LogP contribution in [0.25, 0.3) is 16.8 Å². The van der Waals surface area contributed by atoms with Gasteiger partial charge in [-0.2, -0.15) is 5.10 Å². The number of esters is 1. The average Bonchev–Trinajstić information content (AvgIpc) is 3.20. The van der Waals surface area contributed by atoms with E-state index in [0.717, 1.165) is 44.9 Å². The fourth-order valence-corrected chi connectivity index (χ4v) is 4.73. The molecule has 0 bridgehead atoms. The predicted octanol–water partition coefficient (Wildman–Crippen LogP) is 5.51. The second-order valence-electron chi connectivity index (χ2n) is 9.50. The first-order chi connectivity index (χ1) is 18.2. The van der Waals surface area contributed by atoms with Crippen LogP contribution < -0.4 is 5.32 Å². The maximum atomic E-state index is 13.5. The molecule has 0 spiro atoms. The van der Waals surface area contributed by atoms with Gasteiger partial charge in [0, 0.05) is 23.4 Å². The molecule has 4 rings (SSSR count). The van der Waals surface area contributed by atoms with Crippen LogP contribution in [0, 0.1) is 33.5 Å². The lowest BCUT2D eigenvalue weighted by Gasteiger charge is -2.19. The van der Waals surface area contributed by atoms with Crippen molar-refractivity contribution in [3.05, 3.63) is 88.1 Å². The number of carbonyl (C=O) groups excluding carboxylic acids is 2. The molecule has 0 aliphatic rings. The third-order valence-corrected chi connectivity index (χ3v) is 6.73. The van der Waals surface area contributed by atoms with Gasteiger partial charge in [0.1, 0.15) is 5.82 Å². The maximum Gasteiger partial charge on any atom is 0.308 e. The molecule has 0 saturated carbocycles. The number of benzene rings is 2. The summed E-state index contributed by atoms with van der Waals surface area (Å²) < 4.78 is 20.4. The lowest BCUT2D eigenvalue weighted by molar-refractivity contribution is -0.143. The van der Waals surface area contributed by atoms with Gasteiger partial charge in [0.25, 0.3) is 0 Å². The van der Waals surface area contributed by atoms with E-state index in [1.807, 2.05) is 52.0 Å². The van der Waals surface area contributed by atoms with E-state index in [0.29, 0.717) is 12.1 Å². The van der Waals surface area contributed by atoms with E-state index in [1.54, 1.807) is 23.6 Å². The number of rotatable bonds is 9. The minimum Gasteiger partial charge on any atom is -0.466 e. The van der Waals surface area contributed by atoms with Crippen molar-refractivity contribution in [1.82, 2.24) is 19.9 Å². The van der Waals surface area contributed by atoms with E-state index in [4.69, 9.17) is 14.8 Å². The van der Waals surface area contributed by atoms with Crippen LogP contribution in [0.3, 0.4) is 0 Å². The minimum absolute atomic E-state index is 0.0624. The van der Waals surface area contributed by atoms with Gasteiger partial charge >= 0.3 is 5.97 Å². The highest BCUT2D eigenvalue weighted by Crippen LogP contribution is 2.29. The van der Waals surface area contributed by atoms with Crippen LogP contribution >= 0.6 is 0 Å². The summed E-state index contributed by atoms with van der Waals surface area (Å²) in [4.78, 5) is 30.1. The van der Waals surface area contributed by atoms with E-state index in [2.05, 4.69) is 5.32 Å². The van der Waals surface area contributed by atoms with Crippen molar-refractivity contribution < 1.29 is 18.7 Å². The summed E-state index contributed by atoms with van der Waals surface area (Å²) >= 11 is 0. The van der Waals surface area contributed by atoms with Gasteiger partial charge in [0.05, 0.1) is 24.8 Å². The Labute approximate surface area is 222 Å². The number of hydrogen-bond donors (Lipinski definition) is 1. The second-order valence-corrected chi connectivity index (χ2v) is 9.50. The van der Waals surface area contributed by atoms with Crippen LogP contribution in [-0.2, 0) is 20.7 Å². The number of aromatic nitrogens is 3. The Hall–Kier alpha value is -4.07. The summed E-state index contributed by atoms with van der Waals surface area (Å²) in [6.45, 7) is 9.83. The third kappa shape index (κ3) is 5.90. The Kier molecular flexibility index (Phi) is 8.20. The molecule has 1 unspecified atom stereocenters. The Morgan fingerprint density at radius 2 is 1.68 bits per heavy atom. The molecule has 7 nitrogen and oxygen atoms in total. The van der Waals surface area contributed by atoms with Crippen molar-refractivity contribution in [2.24, 2.45) is 0 Å². The molecule has 2 aromatic carbocycles. The zero-order valence-corrected chi connectivity index (χ0v) is 22.5. The van der Waals surface area contributed by atoms with Crippen molar-refractivity contribution in [2.45, 2.75) is 59.9 Å². The fourth-order valence-electron chi connectivity index (χ4n) is 4.73. The van der Waals surface area contributed by atoms with Crippen LogP contribution in [0.1, 0.15) is 59.6 Å². The van der Waals surface area contributed by atoms with Crippen LogP contribution in [0.4, 0.5) is 4.39 Å². The number of fused-ring (bicyclic) bond motifs is 1. The van der Waals surface area contributed by atoms with Crippen molar-refractivity contribution in [3.8, 4) is 11.1 Å². The fraction of sp³-hybridized carbons (Fsp3) is 0.333. The van der Waals surface area contributed by atoms with Crippen molar-refractivity contribution >= 4 is 17.5 Å². The van der Waals surface area contributed by atoms with Gasteiger partial charge in [-0.25, -0.2) is 13.9 Å². The van der Waals surface area contributed by atoms with E-state index in [-0.39, 0.29) is 37.1 Å². The molecule has 1 atom stereocenters. The Bertz CT molecular complexity index is 1460. The molecule has 4 aromatic rings. The number of carbonyl (C=O) groups is 2. The number of nitrogens with one attached hydrogen (secondary N) is 1. The van der Waals surface area contributed by atoms with Crippen LogP contribution in [0.15, 0.2) is 48.5 Å². The number of amides is 1. The first-order valence-electron chi connectivity index (χ1n) is 12.8.